The highest BCUT2D eigenvalue weighted by atomic mass is 32.2. The Kier molecular flexibility index (Phi) is 4.99. The summed E-state index contributed by atoms with van der Waals surface area (Å²) >= 11 is 1.43. The molecular formula is C23H26N4OS. The van der Waals surface area contributed by atoms with E-state index < -0.39 is 0 Å². The van der Waals surface area contributed by atoms with Crippen molar-refractivity contribution in [2.45, 2.75) is 43.3 Å². The highest BCUT2D eigenvalue weighted by Crippen LogP contribution is 2.50. The molecule has 2 aromatic carbocycles. The molecule has 4 rings (SSSR count). The Morgan fingerprint density at radius 1 is 1.07 bits per heavy atom. The third-order valence-corrected chi connectivity index (χ3v) is 6.80. The summed E-state index contributed by atoms with van der Waals surface area (Å²) in [5.74, 6) is 0.414. The highest BCUT2D eigenvalue weighted by molar-refractivity contribution is 7.99. The zero-order valence-electron chi connectivity index (χ0n) is 17.3. The van der Waals surface area contributed by atoms with Gasteiger partial charge in [-0.15, -0.1) is 10.2 Å². The molecular weight excluding hydrogens is 380 g/mol. The van der Waals surface area contributed by atoms with Crippen molar-refractivity contribution >= 4 is 23.4 Å². The van der Waals surface area contributed by atoms with Crippen LogP contribution in [0.15, 0.2) is 66.1 Å². The summed E-state index contributed by atoms with van der Waals surface area (Å²) in [7, 11) is 1.89. The Bertz CT molecular complexity index is 1030. The van der Waals surface area contributed by atoms with Gasteiger partial charge in [-0.1, -0.05) is 67.2 Å². The number of fused-ring (bicyclic) bond motifs is 1. The molecule has 1 atom stereocenters. The molecule has 6 heteroatoms. The maximum Gasteiger partial charge on any atom is 0.237 e. The number of rotatable bonds is 4. The maximum absolute atomic E-state index is 13.4. The smallest absolute Gasteiger partial charge is 0.237 e. The van der Waals surface area contributed by atoms with Gasteiger partial charge in [0.15, 0.2) is 5.16 Å². The Labute approximate surface area is 176 Å². The summed E-state index contributed by atoms with van der Waals surface area (Å²) in [4.78, 5) is 15.4. The van der Waals surface area contributed by atoms with Gasteiger partial charge in [-0.05, 0) is 37.5 Å². The fourth-order valence-corrected chi connectivity index (χ4v) is 5.37. The minimum Gasteiger partial charge on any atom is -0.312 e. The molecule has 0 saturated carbocycles. The number of hydrogen-bond acceptors (Lipinski definition) is 4. The molecule has 1 amide bonds. The molecule has 3 aromatic rings. The van der Waals surface area contributed by atoms with Gasteiger partial charge in [0, 0.05) is 23.7 Å². The number of para-hydroxylation sites is 1. The third kappa shape index (κ3) is 3.46. The molecule has 0 N–H and O–H groups in total. The molecule has 0 spiro atoms. The summed E-state index contributed by atoms with van der Waals surface area (Å²) in [5, 5.41) is 8.72. The first-order valence-corrected chi connectivity index (χ1v) is 10.8. The second-order valence-corrected chi connectivity index (χ2v) is 9.39. The zero-order chi connectivity index (χ0) is 20.6. The lowest BCUT2D eigenvalue weighted by atomic mass is 9.65. The van der Waals surface area contributed by atoms with Crippen molar-refractivity contribution in [2.75, 3.05) is 10.7 Å². The van der Waals surface area contributed by atoms with Crippen LogP contribution in [-0.2, 0) is 17.3 Å². The first-order valence-electron chi connectivity index (χ1n) is 9.78. The lowest BCUT2D eigenvalue weighted by Gasteiger charge is -2.51. The van der Waals surface area contributed by atoms with Gasteiger partial charge in [0.2, 0.25) is 5.91 Å². The van der Waals surface area contributed by atoms with Crippen LogP contribution in [-0.4, -0.2) is 32.0 Å². The minimum atomic E-state index is -0.323. The van der Waals surface area contributed by atoms with E-state index in [1.165, 1.54) is 22.9 Å². The maximum atomic E-state index is 13.4. The number of nitrogens with zero attached hydrogens (tertiary/aromatic N) is 4. The molecule has 0 unspecified atom stereocenters. The van der Waals surface area contributed by atoms with Gasteiger partial charge in [0.05, 0.1) is 5.75 Å². The van der Waals surface area contributed by atoms with Crippen molar-refractivity contribution in [1.82, 2.24) is 14.8 Å². The van der Waals surface area contributed by atoms with E-state index in [0.29, 0.717) is 5.75 Å². The first kappa shape index (κ1) is 19.7. The van der Waals surface area contributed by atoms with E-state index in [2.05, 4.69) is 73.4 Å². The van der Waals surface area contributed by atoms with E-state index in [1.54, 1.807) is 6.33 Å². The van der Waals surface area contributed by atoms with Gasteiger partial charge in [0.1, 0.15) is 6.33 Å². The fourth-order valence-electron chi connectivity index (χ4n) is 4.63. The van der Waals surface area contributed by atoms with Crippen LogP contribution in [0.25, 0.3) is 0 Å². The summed E-state index contributed by atoms with van der Waals surface area (Å²) < 4.78 is 1.83. The quantitative estimate of drug-likeness (QED) is 0.602. The first-order chi connectivity index (χ1) is 13.8. The second kappa shape index (κ2) is 7.34. The molecule has 1 aliphatic rings. The predicted octanol–water partition coefficient (Wildman–Crippen LogP) is 4.43. The molecule has 2 heterocycles. The highest BCUT2D eigenvalue weighted by Gasteiger charge is 2.47. The normalized spacial score (nSPS) is 20.3. The van der Waals surface area contributed by atoms with Crippen molar-refractivity contribution in [2.24, 2.45) is 7.05 Å². The van der Waals surface area contributed by atoms with Crippen molar-refractivity contribution in [1.29, 1.82) is 0 Å². The van der Waals surface area contributed by atoms with Gasteiger partial charge in [0.25, 0.3) is 0 Å². The number of thioether (sulfide) groups is 1. The van der Waals surface area contributed by atoms with Crippen LogP contribution in [0.1, 0.15) is 38.3 Å². The largest absolute Gasteiger partial charge is 0.312 e. The molecule has 1 aliphatic heterocycles. The SMILES string of the molecule is Cn1cnnc1SCC(=O)N1c2ccccc2[C@](C)(c2ccccc2)CC1(C)C. The standard InChI is InChI=1S/C23H26N4OS/c1-22(2)15-23(3,17-10-6-5-7-11-17)18-12-8-9-13-19(18)27(22)20(28)14-29-21-25-24-16-26(21)4/h5-13,16H,14-15H2,1-4H3/t23-/m0/s1. The Balaban J connectivity index is 1.72. The predicted molar refractivity (Wildman–Crippen MR) is 117 cm³/mol. The van der Waals surface area contributed by atoms with E-state index in [0.717, 1.165) is 17.3 Å². The lowest BCUT2D eigenvalue weighted by Crippen LogP contribution is -2.56. The molecule has 150 valence electrons. The number of carbonyl (C=O) groups excluding carboxylic acids is 1. The zero-order valence-corrected chi connectivity index (χ0v) is 18.1. The van der Waals surface area contributed by atoms with Crippen molar-refractivity contribution in [3.63, 3.8) is 0 Å². The fraction of sp³-hybridized carbons (Fsp3) is 0.348. The molecule has 0 radical (unpaired) electrons. The van der Waals surface area contributed by atoms with Crippen molar-refractivity contribution in [3.8, 4) is 0 Å². The Hall–Kier alpha value is -2.60. The number of aromatic nitrogens is 3. The van der Waals surface area contributed by atoms with Gasteiger partial charge in [-0.3, -0.25) is 4.79 Å². The van der Waals surface area contributed by atoms with Crippen LogP contribution in [0.2, 0.25) is 0 Å². The van der Waals surface area contributed by atoms with Crippen molar-refractivity contribution in [3.05, 3.63) is 72.1 Å². The van der Waals surface area contributed by atoms with Crippen molar-refractivity contribution < 1.29 is 4.79 Å². The van der Waals surface area contributed by atoms with E-state index in [9.17, 15) is 4.79 Å². The molecule has 29 heavy (non-hydrogen) atoms. The molecule has 0 saturated heterocycles. The van der Waals surface area contributed by atoms with Gasteiger partial charge in [-0.2, -0.15) is 0 Å². The van der Waals surface area contributed by atoms with Crippen LogP contribution in [0.5, 0.6) is 0 Å². The molecule has 1 aromatic heterocycles. The molecule has 5 nitrogen and oxygen atoms in total. The van der Waals surface area contributed by atoms with Gasteiger partial charge in [-0.25, -0.2) is 0 Å². The average Bonchev–Trinajstić information content (AvgIpc) is 3.11. The van der Waals surface area contributed by atoms with Gasteiger partial charge >= 0.3 is 0 Å². The lowest BCUT2D eigenvalue weighted by molar-refractivity contribution is -0.117. The van der Waals surface area contributed by atoms with E-state index in [4.69, 9.17) is 0 Å². The number of carbonyl (C=O) groups is 1. The Morgan fingerprint density at radius 3 is 2.45 bits per heavy atom. The second-order valence-electron chi connectivity index (χ2n) is 8.45. The molecule has 0 aliphatic carbocycles. The van der Waals surface area contributed by atoms with E-state index in [1.807, 2.05) is 28.6 Å². The van der Waals surface area contributed by atoms with Crippen LogP contribution in [0.4, 0.5) is 5.69 Å². The number of aryl methyl sites for hydroxylation is 1. The molecule has 0 fully saturated rings. The van der Waals surface area contributed by atoms with E-state index in [-0.39, 0.29) is 16.9 Å². The number of anilines is 1. The summed E-state index contributed by atoms with van der Waals surface area (Å²) in [6.07, 6.45) is 2.50. The number of benzene rings is 2. The van der Waals surface area contributed by atoms with Gasteiger partial charge < -0.3 is 9.47 Å². The van der Waals surface area contributed by atoms with Crippen LogP contribution < -0.4 is 4.90 Å². The summed E-state index contributed by atoms with van der Waals surface area (Å²) in [5.41, 5.74) is 2.99. The van der Waals surface area contributed by atoms with E-state index >= 15 is 0 Å². The summed E-state index contributed by atoms with van der Waals surface area (Å²) in [6, 6.07) is 18.9. The number of hydrogen-bond donors (Lipinski definition) is 0. The summed E-state index contributed by atoms with van der Waals surface area (Å²) in [6.45, 7) is 6.61. The van der Waals surface area contributed by atoms with Crippen LogP contribution in [0.3, 0.4) is 0 Å². The monoisotopic (exact) mass is 406 g/mol. The average molecular weight is 407 g/mol. The van der Waals surface area contributed by atoms with Crippen LogP contribution >= 0.6 is 11.8 Å². The Morgan fingerprint density at radius 2 is 1.76 bits per heavy atom. The van der Waals surface area contributed by atoms with Crippen LogP contribution in [0, 0.1) is 0 Å². The molecule has 0 bridgehead atoms. The topological polar surface area (TPSA) is 51.0 Å². The third-order valence-electron chi connectivity index (χ3n) is 5.79. The number of amides is 1. The minimum absolute atomic E-state index is 0.0885.